The van der Waals surface area contributed by atoms with Crippen molar-refractivity contribution in [3.63, 3.8) is 0 Å². The van der Waals surface area contributed by atoms with Gasteiger partial charge in [-0.25, -0.2) is 4.79 Å². The molecule has 0 aromatic carbocycles. The number of aromatic hydroxyl groups is 1. The fourth-order valence-corrected chi connectivity index (χ4v) is 5.00. The second-order valence-corrected chi connectivity index (χ2v) is 8.01. The molecule has 26 heavy (non-hydrogen) atoms. The van der Waals surface area contributed by atoms with Gasteiger partial charge in [0.05, 0.1) is 13.2 Å². The summed E-state index contributed by atoms with van der Waals surface area (Å²) in [5.74, 6) is 2.05. The Labute approximate surface area is 154 Å². The molecule has 0 unspecified atom stereocenters. The van der Waals surface area contributed by atoms with Crippen LogP contribution in [0.5, 0.6) is 5.75 Å². The van der Waals surface area contributed by atoms with Gasteiger partial charge in [0.1, 0.15) is 17.1 Å². The van der Waals surface area contributed by atoms with E-state index in [9.17, 15) is 9.90 Å². The van der Waals surface area contributed by atoms with E-state index in [2.05, 4.69) is 37.9 Å². The fraction of sp³-hybridized carbons (Fsp3) is 0.619. The quantitative estimate of drug-likeness (QED) is 0.638. The number of aliphatic imine (C=N–C) groups is 1. The summed E-state index contributed by atoms with van der Waals surface area (Å²) in [7, 11) is 0. The van der Waals surface area contributed by atoms with Gasteiger partial charge >= 0.3 is 5.63 Å². The van der Waals surface area contributed by atoms with Crippen molar-refractivity contribution in [3.8, 4) is 5.75 Å². The average molecular weight is 359 g/mol. The van der Waals surface area contributed by atoms with Crippen LogP contribution in [0.1, 0.15) is 51.4 Å². The summed E-state index contributed by atoms with van der Waals surface area (Å²) in [6.07, 6.45) is 9.41. The lowest BCUT2D eigenvalue weighted by atomic mass is 9.53. The van der Waals surface area contributed by atoms with Gasteiger partial charge in [-0.1, -0.05) is 45.8 Å². The first kappa shape index (κ1) is 18.9. The molecule has 142 valence electrons. The van der Waals surface area contributed by atoms with Crippen molar-refractivity contribution in [2.75, 3.05) is 13.2 Å². The van der Waals surface area contributed by atoms with E-state index in [-0.39, 0.29) is 35.8 Å². The highest BCUT2D eigenvalue weighted by Crippen LogP contribution is 2.54. The van der Waals surface area contributed by atoms with E-state index in [0.717, 1.165) is 6.42 Å². The molecular formula is C21H29NO4. The number of hydrogen-bond acceptors (Lipinski definition) is 5. The number of aliphatic hydroxyl groups excluding tert-OH is 1. The molecule has 1 heterocycles. The molecule has 0 aliphatic heterocycles. The highest BCUT2D eigenvalue weighted by Gasteiger charge is 2.50. The molecule has 1 aromatic heterocycles. The Bertz CT molecular complexity index is 766. The largest absolute Gasteiger partial charge is 0.507 e. The van der Waals surface area contributed by atoms with Crippen LogP contribution in [0.3, 0.4) is 0 Å². The monoisotopic (exact) mass is 359 g/mol. The first-order valence-corrected chi connectivity index (χ1v) is 9.56. The van der Waals surface area contributed by atoms with E-state index in [4.69, 9.17) is 9.52 Å². The van der Waals surface area contributed by atoms with Crippen LogP contribution in [-0.2, 0) is 5.41 Å². The molecule has 2 aliphatic rings. The maximum atomic E-state index is 12.5. The maximum absolute atomic E-state index is 12.5. The van der Waals surface area contributed by atoms with Gasteiger partial charge in [-0.05, 0) is 30.1 Å². The topological polar surface area (TPSA) is 83.0 Å². The van der Waals surface area contributed by atoms with Gasteiger partial charge in [-0.2, -0.15) is 0 Å². The van der Waals surface area contributed by atoms with Gasteiger partial charge in [0, 0.05) is 17.7 Å². The van der Waals surface area contributed by atoms with Crippen LogP contribution < -0.4 is 5.63 Å². The second-order valence-electron chi connectivity index (χ2n) is 8.01. The van der Waals surface area contributed by atoms with E-state index in [0.29, 0.717) is 23.5 Å². The average Bonchev–Trinajstić information content (AvgIpc) is 2.60. The number of nitrogens with zero attached hydrogens (tertiary/aromatic N) is 1. The van der Waals surface area contributed by atoms with Crippen molar-refractivity contribution in [1.29, 1.82) is 0 Å². The number of fused-ring (bicyclic) bond motifs is 1. The number of rotatable bonds is 4. The van der Waals surface area contributed by atoms with Crippen molar-refractivity contribution < 1.29 is 14.6 Å². The Hall–Kier alpha value is -1.88. The Morgan fingerprint density at radius 1 is 1.35 bits per heavy atom. The standard InChI is InChI=1S/C21H29NO4/c1-13-5-4-6-15-8-7-14(2)21(3,19(13)15)18-11-17(24)16(20(25)26-18)12-22-9-10-23/h7-8,11-15,19,23-24H,4-6,9-10H2,1-3H3/t13-,14-,15+,19+,21-/m0/s1. The summed E-state index contributed by atoms with van der Waals surface area (Å²) in [4.78, 5) is 16.4. The molecule has 2 N–H and O–H groups in total. The minimum absolute atomic E-state index is 0.0399. The number of aliphatic hydroxyl groups is 1. The van der Waals surface area contributed by atoms with Crippen LogP contribution in [0.2, 0.25) is 0 Å². The van der Waals surface area contributed by atoms with Gasteiger partial charge in [-0.3, -0.25) is 4.99 Å². The maximum Gasteiger partial charge on any atom is 0.348 e. The Balaban J connectivity index is 2.06. The van der Waals surface area contributed by atoms with E-state index in [1.807, 2.05) is 0 Å². The van der Waals surface area contributed by atoms with Crippen LogP contribution in [0, 0.1) is 23.7 Å². The normalized spacial score (nSPS) is 34.2. The van der Waals surface area contributed by atoms with E-state index < -0.39 is 5.63 Å². The molecule has 1 saturated carbocycles. The highest BCUT2D eigenvalue weighted by molar-refractivity contribution is 5.82. The fourth-order valence-electron chi connectivity index (χ4n) is 5.00. The van der Waals surface area contributed by atoms with Gasteiger partial charge in [0.2, 0.25) is 0 Å². The predicted octanol–water partition coefficient (Wildman–Crippen LogP) is 3.27. The zero-order valence-corrected chi connectivity index (χ0v) is 15.8. The summed E-state index contributed by atoms with van der Waals surface area (Å²) >= 11 is 0. The Morgan fingerprint density at radius 2 is 2.12 bits per heavy atom. The van der Waals surface area contributed by atoms with Gasteiger partial charge in [0.25, 0.3) is 0 Å². The van der Waals surface area contributed by atoms with Crippen LogP contribution in [0.25, 0.3) is 0 Å². The van der Waals surface area contributed by atoms with Crippen LogP contribution in [0.4, 0.5) is 0 Å². The third kappa shape index (κ3) is 3.13. The molecular weight excluding hydrogens is 330 g/mol. The summed E-state index contributed by atoms with van der Waals surface area (Å²) < 4.78 is 5.73. The lowest BCUT2D eigenvalue weighted by Crippen LogP contribution is -2.48. The van der Waals surface area contributed by atoms with Crippen molar-refractivity contribution in [2.24, 2.45) is 28.7 Å². The molecule has 5 atom stereocenters. The van der Waals surface area contributed by atoms with E-state index in [1.54, 1.807) is 6.07 Å². The molecule has 5 nitrogen and oxygen atoms in total. The van der Waals surface area contributed by atoms with Crippen molar-refractivity contribution in [1.82, 2.24) is 0 Å². The zero-order valence-electron chi connectivity index (χ0n) is 15.8. The molecule has 0 saturated heterocycles. The molecule has 0 spiro atoms. The minimum atomic E-state index is -0.579. The van der Waals surface area contributed by atoms with E-state index in [1.165, 1.54) is 19.1 Å². The first-order chi connectivity index (χ1) is 12.4. The number of hydrogen-bond donors (Lipinski definition) is 2. The van der Waals surface area contributed by atoms with E-state index >= 15 is 0 Å². The predicted molar refractivity (Wildman–Crippen MR) is 102 cm³/mol. The summed E-state index contributed by atoms with van der Waals surface area (Å²) in [6, 6.07) is 1.59. The lowest BCUT2D eigenvalue weighted by Gasteiger charge is -2.51. The highest BCUT2D eigenvalue weighted by atomic mass is 16.4. The van der Waals surface area contributed by atoms with Crippen LogP contribution >= 0.6 is 0 Å². The summed E-state index contributed by atoms with van der Waals surface area (Å²) in [5.41, 5.74) is -0.876. The third-order valence-corrected chi connectivity index (χ3v) is 6.50. The van der Waals surface area contributed by atoms with Crippen LogP contribution in [0.15, 0.2) is 32.4 Å². The SMILES string of the molecule is C[C@H]1CCC[C@@H]2C=C[C@H](C)[C@@](C)(c3cc(O)c(C=NCCO)c(=O)o3)[C@H]12. The smallest absolute Gasteiger partial charge is 0.348 e. The van der Waals surface area contributed by atoms with Crippen molar-refractivity contribution in [2.45, 2.75) is 45.4 Å². The molecule has 0 amide bonds. The molecule has 3 rings (SSSR count). The first-order valence-electron chi connectivity index (χ1n) is 9.56. The third-order valence-electron chi connectivity index (χ3n) is 6.50. The second kappa shape index (κ2) is 7.39. The molecule has 1 fully saturated rings. The Morgan fingerprint density at radius 3 is 2.81 bits per heavy atom. The molecule has 1 aromatic rings. The summed E-state index contributed by atoms with van der Waals surface area (Å²) in [6.45, 7) is 6.68. The minimum Gasteiger partial charge on any atom is -0.507 e. The van der Waals surface area contributed by atoms with Crippen molar-refractivity contribution >= 4 is 6.21 Å². The Kier molecular flexibility index (Phi) is 5.37. The van der Waals surface area contributed by atoms with Gasteiger partial charge in [-0.15, -0.1) is 0 Å². The zero-order chi connectivity index (χ0) is 18.9. The molecule has 2 aliphatic carbocycles. The van der Waals surface area contributed by atoms with Gasteiger partial charge < -0.3 is 14.6 Å². The van der Waals surface area contributed by atoms with Crippen LogP contribution in [-0.4, -0.2) is 29.6 Å². The molecule has 0 radical (unpaired) electrons. The van der Waals surface area contributed by atoms with Crippen molar-refractivity contribution in [3.05, 3.63) is 40.0 Å². The number of allylic oxidation sites excluding steroid dienone is 2. The lowest BCUT2D eigenvalue weighted by molar-refractivity contribution is 0.0544. The summed E-state index contributed by atoms with van der Waals surface area (Å²) in [5, 5.41) is 19.2. The van der Waals surface area contributed by atoms with Gasteiger partial charge in [0.15, 0.2) is 0 Å². The molecule has 0 bridgehead atoms. The molecule has 5 heteroatoms.